The Labute approximate surface area is 304 Å². The van der Waals surface area contributed by atoms with Crippen LogP contribution >= 0.6 is 0 Å². The van der Waals surface area contributed by atoms with E-state index in [0.717, 1.165) is 6.29 Å². The molecular weight excluding hydrogens is 690 g/mol. The fourth-order valence-corrected chi connectivity index (χ4v) is 7.70. The highest BCUT2D eigenvalue weighted by Crippen LogP contribution is 2.52. The number of hydrogen-bond acceptors (Lipinski definition) is 13. The lowest BCUT2D eigenvalue weighted by molar-refractivity contribution is -0.152. The van der Waals surface area contributed by atoms with Gasteiger partial charge in [0.25, 0.3) is 0 Å². The maximum atomic E-state index is 13.9. The topological polar surface area (TPSA) is 226 Å². The van der Waals surface area contributed by atoms with Crippen LogP contribution in [0.4, 0.5) is 0 Å². The highest BCUT2D eigenvalue weighted by Gasteiger charge is 2.50. The van der Waals surface area contributed by atoms with Gasteiger partial charge < -0.3 is 45.1 Å². The van der Waals surface area contributed by atoms with Gasteiger partial charge in [-0.05, 0) is 55.5 Å². The second-order valence-corrected chi connectivity index (χ2v) is 13.9. The number of nitrogens with one attached hydrogen (secondary N) is 1. The summed E-state index contributed by atoms with van der Waals surface area (Å²) >= 11 is 0. The summed E-state index contributed by atoms with van der Waals surface area (Å²) in [4.78, 5) is 64.4. The Kier molecular flexibility index (Phi) is 10.7. The molecule has 280 valence electrons. The Bertz CT molecular complexity index is 1960. The molecule has 6 N–H and O–H groups in total. The molecule has 0 aliphatic heterocycles. The fraction of sp³-hybridized carbons (Fsp3) is 0.410. The average molecular weight is 732 g/mol. The summed E-state index contributed by atoms with van der Waals surface area (Å²) in [5.74, 6) is -4.04. The van der Waals surface area contributed by atoms with Crippen molar-refractivity contribution in [1.82, 2.24) is 5.32 Å². The molecule has 6 rings (SSSR count). The number of rotatable bonds is 12. The second kappa shape index (κ2) is 15.1. The lowest BCUT2D eigenvalue weighted by atomic mass is 9.71. The quantitative estimate of drug-likeness (QED) is 0.0701. The highest BCUT2D eigenvalue weighted by molar-refractivity contribution is 6.31. The summed E-state index contributed by atoms with van der Waals surface area (Å²) in [5.41, 5.74) is -3.20. The molecule has 53 heavy (non-hydrogen) atoms. The van der Waals surface area contributed by atoms with Crippen molar-refractivity contribution in [2.45, 2.75) is 75.4 Å². The van der Waals surface area contributed by atoms with E-state index in [1.54, 1.807) is 31.2 Å². The van der Waals surface area contributed by atoms with Crippen LogP contribution in [-0.4, -0.2) is 99.3 Å². The molecule has 1 amide bonds. The van der Waals surface area contributed by atoms with Gasteiger partial charge in [0, 0.05) is 41.5 Å². The number of fused-ring (bicyclic) bond motifs is 3. The van der Waals surface area contributed by atoms with Gasteiger partial charge >= 0.3 is 0 Å². The summed E-state index contributed by atoms with van der Waals surface area (Å²) in [6.07, 6.45) is -2.54. The zero-order valence-corrected chi connectivity index (χ0v) is 29.2. The van der Waals surface area contributed by atoms with E-state index in [1.165, 1.54) is 25.3 Å². The van der Waals surface area contributed by atoms with Gasteiger partial charge in [0.2, 0.25) is 11.7 Å². The number of ether oxygens (including phenoxy) is 3. The molecule has 0 unspecified atom stereocenters. The molecule has 0 aromatic heterocycles. The van der Waals surface area contributed by atoms with Crippen molar-refractivity contribution in [3.05, 3.63) is 81.4 Å². The van der Waals surface area contributed by atoms with Gasteiger partial charge in [0.15, 0.2) is 11.6 Å². The van der Waals surface area contributed by atoms with E-state index in [2.05, 4.69) is 5.32 Å². The Balaban J connectivity index is 1.24. The maximum absolute atomic E-state index is 13.9. The molecule has 14 heteroatoms. The van der Waals surface area contributed by atoms with Crippen LogP contribution in [0.15, 0.2) is 42.5 Å². The molecule has 1 saturated carbocycles. The predicted octanol–water partition coefficient (Wildman–Crippen LogP) is 2.49. The largest absolute Gasteiger partial charge is 0.507 e. The molecule has 3 aromatic rings. The molecule has 0 heterocycles. The summed E-state index contributed by atoms with van der Waals surface area (Å²) in [7, 11) is 1.32. The van der Waals surface area contributed by atoms with E-state index >= 15 is 0 Å². The number of hydrogen-bond donors (Lipinski definition) is 6. The van der Waals surface area contributed by atoms with Gasteiger partial charge in [-0.1, -0.05) is 19.1 Å². The number of aliphatic hydroxyl groups excluding tert-OH is 2. The van der Waals surface area contributed by atoms with Crippen LogP contribution < -0.4 is 14.8 Å². The number of aliphatic hydroxyl groups is 3. The Morgan fingerprint density at radius 2 is 1.72 bits per heavy atom. The number of carbonyl (C=O) groups is 5. The third-order valence-electron chi connectivity index (χ3n) is 10.4. The number of phenols is 2. The first kappa shape index (κ1) is 37.6. The van der Waals surface area contributed by atoms with E-state index in [1.807, 2.05) is 0 Å². The van der Waals surface area contributed by atoms with E-state index in [-0.39, 0.29) is 59.8 Å². The van der Waals surface area contributed by atoms with E-state index in [0.29, 0.717) is 17.7 Å². The van der Waals surface area contributed by atoms with E-state index in [4.69, 9.17) is 14.2 Å². The fourth-order valence-electron chi connectivity index (χ4n) is 7.70. The van der Waals surface area contributed by atoms with Crippen LogP contribution in [0.1, 0.15) is 98.5 Å². The number of aldehydes is 1. The molecule has 0 saturated heterocycles. The summed E-state index contributed by atoms with van der Waals surface area (Å²) in [6.45, 7) is 0.948. The van der Waals surface area contributed by atoms with Gasteiger partial charge in [0.1, 0.15) is 41.5 Å². The van der Waals surface area contributed by atoms with Gasteiger partial charge in [0.05, 0.1) is 54.8 Å². The smallest absolute Gasteiger partial charge is 0.220 e. The first-order valence-electron chi connectivity index (χ1n) is 17.4. The molecule has 6 atom stereocenters. The van der Waals surface area contributed by atoms with Crippen molar-refractivity contribution in [2.75, 3.05) is 20.3 Å². The molecule has 3 aliphatic rings. The molecule has 1 fully saturated rings. The minimum absolute atomic E-state index is 0.0671. The predicted molar refractivity (Wildman–Crippen MR) is 186 cm³/mol. The number of methoxy groups -OCH3 is 1. The molecule has 0 spiro atoms. The van der Waals surface area contributed by atoms with Crippen LogP contribution in [0.3, 0.4) is 0 Å². The van der Waals surface area contributed by atoms with Crippen LogP contribution in [0, 0.1) is 5.92 Å². The molecule has 14 nitrogen and oxygen atoms in total. The van der Waals surface area contributed by atoms with Gasteiger partial charge in [-0.3, -0.25) is 24.0 Å². The highest BCUT2D eigenvalue weighted by atomic mass is 16.5. The third-order valence-corrected chi connectivity index (χ3v) is 10.4. The standard InChI is InChI=1S/C39H41NO13/c1-19-13-22(14-25(34(19)45)40-29(44)7-4-12-52-21-10-8-20(17-41)9-11-21)53-27-16-39(50,28(43)18-42)15-24-31(27)38(49)33-32(36(24)47)35(46)23-5-3-6-26(51-2)30(23)37(33)48/h3,5-6,8-11,17,19,22,25,27,34,42,45,47,49-50H,4,7,12-16,18H2,1-2H3,(H,40,44)/t19-,22-,25+,27+,34-,39+/m1/s1. The number of amides is 1. The number of carbonyl (C=O) groups excluding carboxylic acids is 5. The number of Topliss-reactive ketones (excluding diaryl/α,β-unsaturated/α-hetero) is 1. The summed E-state index contributed by atoms with van der Waals surface area (Å²) < 4.78 is 17.4. The SMILES string of the molecule is COc1cccc2c1C(=O)c1c(O)c3c(c(O)c1C2=O)C[C@@](O)(C(=O)CO)C[C@@H]3O[C@@H]1C[C@@H](C)[C@@H](O)[C@@H](NC(=O)CCCOc2ccc(C=O)cc2)C1. The van der Waals surface area contributed by atoms with Crippen molar-refractivity contribution in [2.24, 2.45) is 5.92 Å². The minimum Gasteiger partial charge on any atom is -0.507 e. The Morgan fingerprint density at radius 3 is 2.40 bits per heavy atom. The molecule has 3 aromatic carbocycles. The van der Waals surface area contributed by atoms with Crippen LogP contribution in [0.5, 0.6) is 23.0 Å². The first-order valence-corrected chi connectivity index (χ1v) is 17.4. The number of ketones is 3. The Morgan fingerprint density at radius 1 is 1.00 bits per heavy atom. The van der Waals surface area contributed by atoms with Crippen molar-refractivity contribution < 1.29 is 63.7 Å². The minimum atomic E-state index is -2.28. The van der Waals surface area contributed by atoms with Crippen molar-refractivity contribution in [1.29, 1.82) is 0 Å². The Hall–Kier alpha value is -5.15. The molecule has 3 aliphatic carbocycles. The van der Waals surface area contributed by atoms with Gasteiger partial charge in [-0.2, -0.15) is 0 Å². The van der Waals surface area contributed by atoms with E-state index < -0.39 is 95.3 Å². The summed E-state index contributed by atoms with van der Waals surface area (Å²) in [6, 6.07) is 10.1. The van der Waals surface area contributed by atoms with Crippen LogP contribution in [0.25, 0.3) is 0 Å². The van der Waals surface area contributed by atoms with Gasteiger partial charge in [-0.25, -0.2) is 0 Å². The number of aromatic hydroxyl groups is 2. The van der Waals surface area contributed by atoms with Crippen LogP contribution in [-0.2, 0) is 20.7 Å². The molecule has 0 radical (unpaired) electrons. The van der Waals surface area contributed by atoms with Crippen molar-refractivity contribution in [3.8, 4) is 23.0 Å². The average Bonchev–Trinajstić information content (AvgIpc) is 3.15. The first-order chi connectivity index (χ1) is 25.3. The van der Waals surface area contributed by atoms with E-state index in [9.17, 15) is 49.5 Å². The number of phenolic OH excluding ortho intramolecular Hbond substituents is 2. The number of benzene rings is 3. The third kappa shape index (κ3) is 7.02. The lowest BCUT2D eigenvalue weighted by Gasteiger charge is -2.43. The zero-order chi connectivity index (χ0) is 38.2. The zero-order valence-electron chi connectivity index (χ0n) is 29.2. The normalized spacial score (nSPS) is 24.7. The van der Waals surface area contributed by atoms with Crippen molar-refractivity contribution >= 4 is 29.5 Å². The maximum Gasteiger partial charge on any atom is 0.220 e. The molecular formula is C39H41NO13. The summed E-state index contributed by atoms with van der Waals surface area (Å²) in [5, 5.41) is 58.5. The monoisotopic (exact) mass is 731 g/mol. The molecule has 0 bridgehead atoms. The lowest BCUT2D eigenvalue weighted by Crippen LogP contribution is -2.53. The van der Waals surface area contributed by atoms with Crippen molar-refractivity contribution in [3.63, 3.8) is 0 Å². The van der Waals surface area contributed by atoms with Gasteiger partial charge in [-0.15, -0.1) is 0 Å². The van der Waals surface area contributed by atoms with Crippen LogP contribution in [0.2, 0.25) is 0 Å². The second-order valence-electron chi connectivity index (χ2n) is 13.9.